The van der Waals surface area contributed by atoms with E-state index >= 15 is 0 Å². The van der Waals surface area contributed by atoms with Crippen LogP contribution in [-0.4, -0.2) is 26.7 Å². The molecule has 6 heteroatoms. The summed E-state index contributed by atoms with van der Waals surface area (Å²) in [6.45, 7) is 1.54. The van der Waals surface area contributed by atoms with Crippen molar-refractivity contribution in [2.45, 2.75) is 17.7 Å². The van der Waals surface area contributed by atoms with Gasteiger partial charge in [-0.2, -0.15) is 5.26 Å². The normalized spacial score (nSPS) is 13.0. The first-order chi connectivity index (χ1) is 8.06. The molecule has 0 spiro atoms. The average molecular weight is 254 g/mol. The fraction of sp³-hybridized carbons (Fsp3) is 0.364. The first kappa shape index (κ1) is 13.6. The highest BCUT2D eigenvalue weighted by molar-refractivity contribution is 7.89. The summed E-state index contributed by atoms with van der Waals surface area (Å²) in [7, 11) is -3.62. The standard InChI is InChI=1S/C11H14N2O3S/c1-2-13-17(15,16)11-6-4-3-5-10(11)9(7-12)8-14/h3-6,9,13-14H,2,8H2,1H3. The summed E-state index contributed by atoms with van der Waals surface area (Å²) >= 11 is 0. The molecular weight excluding hydrogens is 240 g/mol. The molecule has 0 aliphatic carbocycles. The average Bonchev–Trinajstić information content (AvgIpc) is 2.31. The second-order valence-electron chi connectivity index (χ2n) is 3.40. The predicted octanol–water partition coefficient (Wildman–Crippen LogP) is 0.584. The van der Waals surface area contributed by atoms with Gasteiger partial charge in [-0.25, -0.2) is 13.1 Å². The number of benzene rings is 1. The summed E-state index contributed by atoms with van der Waals surface area (Å²) in [4.78, 5) is 0.0439. The maximum atomic E-state index is 11.9. The summed E-state index contributed by atoms with van der Waals surface area (Å²) in [6.07, 6.45) is 0. The van der Waals surface area contributed by atoms with Crippen molar-refractivity contribution in [1.29, 1.82) is 5.26 Å². The summed E-state index contributed by atoms with van der Waals surface area (Å²) in [5, 5.41) is 17.9. The summed E-state index contributed by atoms with van der Waals surface area (Å²) in [5.41, 5.74) is 0.318. The van der Waals surface area contributed by atoms with Crippen molar-refractivity contribution in [3.05, 3.63) is 29.8 Å². The number of sulfonamides is 1. The number of rotatable bonds is 5. The molecule has 5 nitrogen and oxygen atoms in total. The van der Waals surface area contributed by atoms with Gasteiger partial charge in [-0.15, -0.1) is 0 Å². The molecule has 0 fully saturated rings. The Balaban J connectivity index is 3.31. The Morgan fingerprint density at radius 1 is 1.47 bits per heavy atom. The van der Waals surface area contributed by atoms with E-state index in [1.54, 1.807) is 19.1 Å². The molecule has 0 heterocycles. The van der Waals surface area contributed by atoms with Crippen LogP contribution in [0.1, 0.15) is 18.4 Å². The van der Waals surface area contributed by atoms with Crippen LogP contribution in [0.25, 0.3) is 0 Å². The van der Waals surface area contributed by atoms with Gasteiger partial charge in [0.2, 0.25) is 10.0 Å². The van der Waals surface area contributed by atoms with E-state index in [-0.39, 0.29) is 11.4 Å². The van der Waals surface area contributed by atoms with Crippen LogP contribution in [-0.2, 0) is 10.0 Å². The molecule has 0 amide bonds. The number of aliphatic hydroxyl groups excluding tert-OH is 1. The van der Waals surface area contributed by atoms with Crippen molar-refractivity contribution in [2.75, 3.05) is 13.2 Å². The fourth-order valence-electron chi connectivity index (χ4n) is 1.49. The Morgan fingerprint density at radius 2 is 2.12 bits per heavy atom. The molecule has 0 saturated carbocycles. The maximum absolute atomic E-state index is 11.9. The quantitative estimate of drug-likeness (QED) is 0.804. The number of nitrogens with zero attached hydrogens (tertiary/aromatic N) is 1. The zero-order chi connectivity index (χ0) is 12.9. The van der Waals surface area contributed by atoms with E-state index in [0.29, 0.717) is 5.56 Å². The number of aliphatic hydroxyl groups is 1. The molecular formula is C11H14N2O3S. The van der Waals surface area contributed by atoms with Gasteiger partial charge in [0.15, 0.2) is 0 Å². The minimum absolute atomic E-state index is 0.0439. The van der Waals surface area contributed by atoms with E-state index in [0.717, 1.165) is 0 Å². The molecule has 1 aromatic carbocycles. The lowest BCUT2D eigenvalue weighted by Crippen LogP contribution is -2.25. The largest absolute Gasteiger partial charge is 0.395 e. The smallest absolute Gasteiger partial charge is 0.240 e. The van der Waals surface area contributed by atoms with Gasteiger partial charge in [0.25, 0.3) is 0 Å². The zero-order valence-corrected chi connectivity index (χ0v) is 10.2. The third-order valence-electron chi connectivity index (χ3n) is 2.26. The van der Waals surface area contributed by atoms with Gasteiger partial charge in [0.05, 0.1) is 23.5 Å². The molecule has 0 aliphatic heterocycles. The highest BCUT2D eigenvalue weighted by atomic mass is 32.2. The molecule has 0 saturated heterocycles. The number of hydrogen-bond donors (Lipinski definition) is 2. The van der Waals surface area contributed by atoms with Gasteiger partial charge >= 0.3 is 0 Å². The van der Waals surface area contributed by atoms with Gasteiger partial charge < -0.3 is 5.11 Å². The molecule has 17 heavy (non-hydrogen) atoms. The van der Waals surface area contributed by atoms with Crippen LogP contribution in [0.5, 0.6) is 0 Å². The van der Waals surface area contributed by atoms with Crippen molar-refractivity contribution in [2.24, 2.45) is 0 Å². The highest BCUT2D eigenvalue weighted by Gasteiger charge is 2.21. The lowest BCUT2D eigenvalue weighted by molar-refractivity contribution is 0.285. The van der Waals surface area contributed by atoms with Crippen LogP contribution in [0.15, 0.2) is 29.2 Å². The van der Waals surface area contributed by atoms with Crippen molar-refractivity contribution < 1.29 is 13.5 Å². The van der Waals surface area contributed by atoms with Crippen molar-refractivity contribution in [3.8, 4) is 6.07 Å². The van der Waals surface area contributed by atoms with Gasteiger partial charge in [-0.1, -0.05) is 25.1 Å². The summed E-state index contributed by atoms with van der Waals surface area (Å²) in [5.74, 6) is -0.834. The van der Waals surface area contributed by atoms with Crippen LogP contribution in [0, 0.1) is 11.3 Å². The lowest BCUT2D eigenvalue weighted by atomic mass is 10.0. The first-order valence-corrected chi connectivity index (χ1v) is 6.64. The van der Waals surface area contributed by atoms with E-state index < -0.39 is 22.5 Å². The van der Waals surface area contributed by atoms with Crippen molar-refractivity contribution in [3.63, 3.8) is 0 Å². The Hall–Kier alpha value is -1.42. The van der Waals surface area contributed by atoms with E-state index in [4.69, 9.17) is 10.4 Å². The van der Waals surface area contributed by atoms with Crippen LogP contribution in [0.4, 0.5) is 0 Å². The second kappa shape index (κ2) is 5.77. The predicted molar refractivity (Wildman–Crippen MR) is 62.7 cm³/mol. The number of nitrogens with one attached hydrogen (secondary N) is 1. The molecule has 1 rings (SSSR count). The first-order valence-electron chi connectivity index (χ1n) is 5.16. The summed E-state index contributed by atoms with van der Waals surface area (Å²) < 4.78 is 26.1. The highest BCUT2D eigenvalue weighted by Crippen LogP contribution is 2.23. The molecule has 0 bridgehead atoms. The van der Waals surface area contributed by atoms with E-state index in [1.807, 2.05) is 6.07 Å². The van der Waals surface area contributed by atoms with Crippen LogP contribution in [0.3, 0.4) is 0 Å². The minimum Gasteiger partial charge on any atom is -0.395 e. The van der Waals surface area contributed by atoms with Gasteiger partial charge in [-0.3, -0.25) is 0 Å². The number of hydrogen-bond acceptors (Lipinski definition) is 4. The van der Waals surface area contributed by atoms with Crippen molar-refractivity contribution in [1.82, 2.24) is 4.72 Å². The molecule has 1 atom stereocenters. The van der Waals surface area contributed by atoms with Crippen molar-refractivity contribution >= 4 is 10.0 Å². The van der Waals surface area contributed by atoms with Gasteiger partial charge in [0, 0.05) is 6.54 Å². The van der Waals surface area contributed by atoms with Gasteiger partial charge in [-0.05, 0) is 11.6 Å². The Labute approximate surface area is 101 Å². The minimum atomic E-state index is -3.62. The summed E-state index contributed by atoms with van der Waals surface area (Å²) in [6, 6.07) is 8.06. The molecule has 2 N–H and O–H groups in total. The molecule has 1 aromatic rings. The Bertz CT molecular complexity index is 520. The molecule has 92 valence electrons. The number of nitriles is 1. The second-order valence-corrected chi connectivity index (χ2v) is 5.14. The fourth-order valence-corrected chi connectivity index (χ4v) is 2.80. The molecule has 0 radical (unpaired) electrons. The SMILES string of the molecule is CCNS(=O)(=O)c1ccccc1C(C#N)CO. The molecule has 1 unspecified atom stereocenters. The Morgan fingerprint density at radius 3 is 2.65 bits per heavy atom. The molecule has 0 aromatic heterocycles. The lowest BCUT2D eigenvalue weighted by Gasteiger charge is -2.12. The van der Waals surface area contributed by atoms with Gasteiger partial charge in [0.1, 0.15) is 0 Å². The monoisotopic (exact) mass is 254 g/mol. The topological polar surface area (TPSA) is 90.2 Å². The maximum Gasteiger partial charge on any atom is 0.240 e. The molecule has 0 aliphatic rings. The van der Waals surface area contributed by atoms with E-state index in [1.165, 1.54) is 12.1 Å². The third-order valence-corrected chi connectivity index (χ3v) is 3.88. The van der Waals surface area contributed by atoms with Crippen LogP contribution < -0.4 is 4.72 Å². The third kappa shape index (κ3) is 3.03. The van der Waals surface area contributed by atoms with Crippen LogP contribution in [0.2, 0.25) is 0 Å². The Kier molecular flexibility index (Phi) is 4.63. The zero-order valence-electron chi connectivity index (χ0n) is 9.42. The van der Waals surface area contributed by atoms with E-state index in [9.17, 15) is 8.42 Å². The van der Waals surface area contributed by atoms with E-state index in [2.05, 4.69) is 4.72 Å². The van der Waals surface area contributed by atoms with Crippen LogP contribution >= 0.6 is 0 Å².